The molecule has 94 valence electrons. The smallest absolute Gasteiger partial charge is 0.147 e. The number of anilines is 1. The number of aromatic nitrogens is 2. The summed E-state index contributed by atoms with van der Waals surface area (Å²) in [5.41, 5.74) is 8.84. The van der Waals surface area contributed by atoms with Crippen LogP contribution in [0.5, 0.6) is 0 Å². The Labute approximate surface area is 107 Å². The molecule has 2 aromatic rings. The van der Waals surface area contributed by atoms with Crippen molar-refractivity contribution in [3.05, 3.63) is 53.5 Å². The predicted molar refractivity (Wildman–Crippen MR) is 73.2 cm³/mol. The highest BCUT2D eigenvalue weighted by Crippen LogP contribution is 2.12. The minimum Gasteiger partial charge on any atom is -0.354 e. The zero-order valence-electron chi connectivity index (χ0n) is 10.8. The van der Waals surface area contributed by atoms with Crippen molar-refractivity contribution >= 4 is 5.82 Å². The van der Waals surface area contributed by atoms with Crippen LogP contribution in [0.4, 0.5) is 5.82 Å². The molecule has 0 amide bonds. The monoisotopic (exact) mass is 242 g/mol. The van der Waals surface area contributed by atoms with Crippen molar-refractivity contribution in [3.63, 3.8) is 0 Å². The Bertz CT molecular complexity index is 507. The highest BCUT2D eigenvalue weighted by Gasteiger charge is 2.04. The maximum atomic E-state index is 5.50. The quantitative estimate of drug-likeness (QED) is 0.889. The van der Waals surface area contributed by atoms with E-state index in [4.69, 9.17) is 5.73 Å². The second-order valence-corrected chi connectivity index (χ2v) is 4.42. The third-order valence-corrected chi connectivity index (χ3v) is 2.79. The second kappa shape index (κ2) is 5.60. The molecule has 0 saturated carbocycles. The topological polar surface area (TPSA) is 55.0 Å². The zero-order chi connectivity index (χ0) is 13.0. The lowest BCUT2D eigenvalue weighted by Crippen LogP contribution is -2.18. The molecule has 0 fully saturated rings. The Hall–Kier alpha value is -1.94. The minimum absolute atomic E-state index is 0.425. The molecule has 1 heterocycles. The molecule has 0 radical (unpaired) electrons. The number of benzene rings is 1. The van der Waals surface area contributed by atoms with Crippen molar-refractivity contribution in [2.24, 2.45) is 5.73 Å². The molecule has 0 spiro atoms. The van der Waals surface area contributed by atoms with Gasteiger partial charge in [0.2, 0.25) is 0 Å². The highest BCUT2D eigenvalue weighted by molar-refractivity contribution is 5.36. The lowest BCUT2D eigenvalue weighted by Gasteiger charge is -2.18. The Kier molecular flexibility index (Phi) is 3.89. The summed E-state index contributed by atoms with van der Waals surface area (Å²) in [7, 11) is 2.01. The van der Waals surface area contributed by atoms with Crippen LogP contribution in [0.25, 0.3) is 0 Å². The maximum Gasteiger partial charge on any atom is 0.147 e. The number of nitrogens with zero attached hydrogens (tertiary/aromatic N) is 3. The van der Waals surface area contributed by atoms with E-state index >= 15 is 0 Å². The fraction of sp³-hybridized carbons (Fsp3) is 0.286. The van der Waals surface area contributed by atoms with Gasteiger partial charge < -0.3 is 10.6 Å². The van der Waals surface area contributed by atoms with Crippen molar-refractivity contribution in [1.82, 2.24) is 9.97 Å². The first-order valence-electron chi connectivity index (χ1n) is 5.96. The van der Waals surface area contributed by atoms with Crippen LogP contribution in [-0.2, 0) is 13.1 Å². The number of nitrogens with two attached hydrogens (primary N) is 1. The van der Waals surface area contributed by atoms with Crippen LogP contribution in [0.1, 0.15) is 16.8 Å². The molecule has 2 N–H and O–H groups in total. The molecular weight excluding hydrogens is 224 g/mol. The van der Waals surface area contributed by atoms with E-state index in [0.29, 0.717) is 6.54 Å². The minimum atomic E-state index is 0.425. The van der Waals surface area contributed by atoms with Crippen LogP contribution in [-0.4, -0.2) is 17.0 Å². The second-order valence-electron chi connectivity index (χ2n) is 4.42. The maximum absolute atomic E-state index is 5.50. The third-order valence-electron chi connectivity index (χ3n) is 2.79. The van der Waals surface area contributed by atoms with Gasteiger partial charge in [0.15, 0.2) is 0 Å². The lowest BCUT2D eigenvalue weighted by molar-refractivity contribution is 0.873. The van der Waals surface area contributed by atoms with Gasteiger partial charge in [0.1, 0.15) is 5.82 Å². The fourth-order valence-corrected chi connectivity index (χ4v) is 1.82. The summed E-state index contributed by atoms with van der Waals surface area (Å²) >= 11 is 0. The van der Waals surface area contributed by atoms with E-state index in [1.165, 1.54) is 11.1 Å². The molecule has 1 aromatic carbocycles. The van der Waals surface area contributed by atoms with Crippen molar-refractivity contribution in [2.45, 2.75) is 20.0 Å². The van der Waals surface area contributed by atoms with Gasteiger partial charge in [-0.05, 0) is 12.5 Å². The summed E-state index contributed by atoms with van der Waals surface area (Å²) in [4.78, 5) is 10.7. The van der Waals surface area contributed by atoms with Gasteiger partial charge in [0, 0.05) is 20.1 Å². The van der Waals surface area contributed by atoms with E-state index in [0.717, 1.165) is 18.1 Å². The van der Waals surface area contributed by atoms with Crippen LogP contribution < -0.4 is 10.6 Å². The van der Waals surface area contributed by atoms with Gasteiger partial charge in [0.25, 0.3) is 0 Å². The summed E-state index contributed by atoms with van der Waals surface area (Å²) < 4.78 is 0. The van der Waals surface area contributed by atoms with Gasteiger partial charge in [-0.15, -0.1) is 0 Å². The average molecular weight is 242 g/mol. The highest BCUT2D eigenvalue weighted by atomic mass is 15.2. The van der Waals surface area contributed by atoms with E-state index in [1.807, 2.05) is 7.05 Å². The largest absolute Gasteiger partial charge is 0.354 e. The molecule has 4 nitrogen and oxygen atoms in total. The van der Waals surface area contributed by atoms with Crippen molar-refractivity contribution in [1.29, 1.82) is 0 Å². The molecule has 0 aliphatic heterocycles. The van der Waals surface area contributed by atoms with Gasteiger partial charge >= 0.3 is 0 Å². The lowest BCUT2D eigenvalue weighted by atomic mass is 10.1. The molecule has 0 saturated heterocycles. The zero-order valence-corrected chi connectivity index (χ0v) is 10.8. The first kappa shape index (κ1) is 12.5. The van der Waals surface area contributed by atoms with E-state index < -0.39 is 0 Å². The fourth-order valence-electron chi connectivity index (χ4n) is 1.82. The van der Waals surface area contributed by atoms with Gasteiger partial charge in [-0.1, -0.05) is 29.8 Å². The summed E-state index contributed by atoms with van der Waals surface area (Å²) in [5, 5.41) is 0. The number of hydrogen-bond donors (Lipinski definition) is 1. The Morgan fingerprint density at radius 1 is 1.22 bits per heavy atom. The van der Waals surface area contributed by atoms with Gasteiger partial charge in [-0.25, -0.2) is 4.98 Å². The van der Waals surface area contributed by atoms with E-state index in [9.17, 15) is 0 Å². The first-order chi connectivity index (χ1) is 8.69. The summed E-state index contributed by atoms with van der Waals surface area (Å²) in [5.74, 6) is 0.855. The van der Waals surface area contributed by atoms with E-state index in [2.05, 4.69) is 46.1 Å². The Morgan fingerprint density at radius 2 is 2.06 bits per heavy atom. The normalized spacial score (nSPS) is 10.4. The Morgan fingerprint density at radius 3 is 2.67 bits per heavy atom. The molecule has 0 aliphatic rings. The molecule has 0 bridgehead atoms. The molecule has 2 rings (SSSR count). The van der Waals surface area contributed by atoms with Crippen LogP contribution in [0.3, 0.4) is 0 Å². The van der Waals surface area contributed by atoms with Crippen LogP contribution in [0, 0.1) is 6.92 Å². The van der Waals surface area contributed by atoms with Crippen molar-refractivity contribution < 1.29 is 0 Å². The van der Waals surface area contributed by atoms with Gasteiger partial charge in [0.05, 0.1) is 18.1 Å². The Balaban J connectivity index is 2.09. The molecule has 0 unspecified atom stereocenters. The third kappa shape index (κ3) is 3.05. The van der Waals surface area contributed by atoms with Crippen molar-refractivity contribution in [3.8, 4) is 0 Å². The summed E-state index contributed by atoms with van der Waals surface area (Å²) in [6.07, 6.45) is 3.49. The average Bonchev–Trinajstić information content (AvgIpc) is 2.39. The van der Waals surface area contributed by atoms with Gasteiger partial charge in [-0.2, -0.15) is 0 Å². The predicted octanol–water partition coefficient (Wildman–Crippen LogP) is 1.88. The molecular formula is C14H18N4. The van der Waals surface area contributed by atoms with Crippen LogP contribution in [0.2, 0.25) is 0 Å². The number of aryl methyl sites for hydroxylation is 1. The SMILES string of the molecule is Cc1cccc(CN(C)c2cnc(CN)cn2)c1. The van der Waals surface area contributed by atoms with E-state index in [-0.39, 0.29) is 0 Å². The molecule has 0 aliphatic carbocycles. The van der Waals surface area contributed by atoms with E-state index in [1.54, 1.807) is 12.4 Å². The van der Waals surface area contributed by atoms with Crippen LogP contribution in [0.15, 0.2) is 36.7 Å². The summed E-state index contributed by atoms with van der Waals surface area (Å²) in [6.45, 7) is 3.34. The molecule has 4 heteroatoms. The van der Waals surface area contributed by atoms with Gasteiger partial charge in [-0.3, -0.25) is 4.98 Å². The standard InChI is InChI=1S/C14H18N4/c1-11-4-3-5-12(6-11)10-18(2)14-9-16-13(7-15)8-17-14/h3-6,8-9H,7,10,15H2,1-2H3. The number of hydrogen-bond acceptors (Lipinski definition) is 4. The number of rotatable bonds is 4. The van der Waals surface area contributed by atoms with Crippen molar-refractivity contribution in [2.75, 3.05) is 11.9 Å². The van der Waals surface area contributed by atoms with Crippen LogP contribution >= 0.6 is 0 Å². The summed E-state index contributed by atoms with van der Waals surface area (Å²) in [6, 6.07) is 8.46. The molecule has 0 atom stereocenters. The first-order valence-corrected chi connectivity index (χ1v) is 5.96. The molecule has 18 heavy (non-hydrogen) atoms. The molecule has 1 aromatic heterocycles.